The third-order valence-electron chi connectivity index (χ3n) is 3.71. The number of nitro benzene ring substituents is 1. The van der Waals surface area contributed by atoms with Crippen LogP contribution in [0.2, 0.25) is 5.02 Å². The van der Waals surface area contributed by atoms with Crippen molar-refractivity contribution in [2.75, 3.05) is 5.32 Å². The van der Waals surface area contributed by atoms with Crippen LogP contribution in [0.4, 0.5) is 11.4 Å². The van der Waals surface area contributed by atoms with Crippen molar-refractivity contribution in [1.29, 1.82) is 0 Å². The number of non-ortho nitro benzene ring substituents is 1. The number of rotatable bonds is 6. The lowest BCUT2D eigenvalue weighted by atomic mass is 10.2. The van der Waals surface area contributed by atoms with Gasteiger partial charge in [-0.15, -0.1) is 5.10 Å². The number of halogens is 1. The molecule has 11 heteroatoms. The normalized spacial score (nSPS) is 17.5. The maximum atomic E-state index is 12.1. The van der Waals surface area contributed by atoms with E-state index < -0.39 is 10.2 Å². The van der Waals surface area contributed by atoms with Crippen molar-refractivity contribution in [3.05, 3.63) is 69.2 Å². The van der Waals surface area contributed by atoms with Gasteiger partial charge < -0.3 is 10.6 Å². The molecule has 0 radical (unpaired) electrons. The van der Waals surface area contributed by atoms with Gasteiger partial charge in [0.1, 0.15) is 5.25 Å². The maximum absolute atomic E-state index is 12.1. The molecule has 0 aliphatic carbocycles. The number of thioether (sulfide) groups is 1. The van der Waals surface area contributed by atoms with Crippen LogP contribution >= 0.6 is 23.4 Å². The molecular weight excluding hydrogens is 418 g/mol. The van der Waals surface area contributed by atoms with Crippen LogP contribution in [0.15, 0.2) is 58.7 Å². The smallest absolute Gasteiger partial charge is 0.270 e. The van der Waals surface area contributed by atoms with Gasteiger partial charge in [-0.2, -0.15) is 5.10 Å². The number of nitrogens with zero attached hydrogens (tertiary/aromatic N) is 3. The molecule has 1 aliphatic rings. The molecule has 1 atom stereocenters. The van der Waals surface area contributed by atoms with Gasteiger partial charge in [-0.05, 0) is 24.3 Å². The van der Waals surface area contributed by atoms with Crippen LogP contribution in [0.5, 0.6) is 0 Å². The highest BCUT2D eigenvalue weighted by Gasteiger charge is 2.32. The van der Waals surface area contributed by atoms with Crippen LogP contribution in [-0.4, -0.2) is 33.4 Å². The van der Waals surface area contributed by atoms with Gasteiger partial charge in [-0.3, -0.25) is 19.7 Å². The van der Waals surface area contributed by atoms with E-state index in [1.165, 1.54) is 24.4 Å². The van der Waals surface area contributed by atoms with Crippen molar-refractivity contribution in [2.24, 2.45) is 10.2 Å². The van der Waals surface area contributed by atoms with E-state index in [1.54, 1.807) is 30.3 Å². The molecule has 1 unspecified atom stereocenters. The van der Waals surface area contributed by atoms with Crippen LogP contribution in [0.25, 0.3) is 0 Å². The van der Waals surface area contributed by atoms with Gasteiger partial charge in [0.2, 0.25) is 11.8 Å². The van der Waals surface area contributed by atoms with Gasteiger partial charge in [0.25, 0.3) is 5.69 Å². The summed E-state index contributed by atoms with van der Waals surface area (Å²) < 4.78 is 0. The third kappa shape index (κ3) is 5.87. The lowest BCUT2D eigenvalue weighted by Gasteiger charge is -2.07. The number of hydrogen-bond donors (Lipinski definition) is 2. The number of carbonyl (C=O) groups excluding carboxylic acids is 2. The minimum Gasteiger partial charge on any atom is -0.326 e. The Bertz CT molecular complexity index is 1010. The largest absolute Gasteiger partial charge is 0.326 e. The summed E-state index contributed by atoms with van der Waals surface area (Å²) in [5.74, 6) is -0.660. The summed E-state index contributed by atoms with van der Waals surface area (Å²) >= 11 is 6.89. The Labute approximate surface area is 174 Å². The first-order valence-corrected chi connectivity index (χ1v) is 9.55. The van der Waals surface area contributed by atoms with Crippen LogP contribution in [0.1, 0.15) is 12.0 Å². The molecule has 9 nitrogen and oxygen atoms in total. The topological polar surface area (TPSA) is 126 Å². The number of hydrogen-bond acceptors (Lipinski definition) is 7. The molecule has 0 aromatic heterocycles. The first kappa shape index (κ1) is 20.5. The first-order chi connectivity index (χ1) is 13.9. The Morgan fingerprint density at radius 2 is 2.07 bits per heavy atom. The predicted molar refractivity (Wildman–Crippen MR) is 112 cm³/mol. The van der Waals surface area contributed by atoms with Crippen LogP contribution < -0.4 is 10.6 Å². The fourth-order valence-corrected chi connectivity index (χ4v) is 3.42. The molecule has 0 bridgehead atoms. The summed E-state index contributed by atoms with van der Waals surface area (Å²) in [5, 5.41) is 23.9. The zero-order chi connectivity index (χ0) is 20.8. The number of amidine groups is 1. The molecule has 29 heavy (non-hydrogen) atoms. The fraction of sp³-hybridized carbons (Fsp3) is 0.111. The monoisotopic (exact) mass is 431 g/mol. The van der Waals surface area contributed by atoms with E-state index in [-0.39, 0.29) is 29.1 Å². The molecule has 1 aliphatic heterocycles. The average Bonchev–Trinajstić information content (AvgIpc) is 3.03. The SMILES string of the molecule is O=C(CC1SC(=NN=Cc2cccc([N+](=O)[O-])c2)NC1=O)Nc1ccc(Cl)cc1. The minimum absolute atomic E-state index is 0.0350. The molecule has 1 saturated heterocycles. The molecule has 1 heterocycles. The standard InChI is InChI=1S/C18H14ClN5O4S/c19-12-4-6-13(7-5-12)21-16(25)9-15-17(26)22-18(29-15)23-20-10-11-2-1-3-14(8-11)24(27)28/h1-8,10,15H,9H2,(H,21,25)(H,22,23,26). The molecule has 0 saturated carbocycles. The number of amides is 2. The van der Waals surface area contributed by atoms with Crippen molar-refractivity contribution in [1.82, 2.24) is 5.32 Å². The molecule has 0 spiro atoms. The molecule has 3 rings (SSSR count). The minimum atomic E-state index is -0.630. The summed E-state index contributed by atoms with van der Waals surface area (Å²) in [4.78, 5) is 34.4. The molecular formula is C18H14ClN5O4S. The second-order valence-corrected chi connectivity index (χ2v) is 7.48. The van der Waals surface area contributed by atoms with Crippen LogP contribution in [0.3, 0.4) is 0 Å². The average molecular weight is 432 g/mol. The Kier molecular flexibility index (Phi) is 6.57. The van der Waals surface area contributed by atoms with Gasteiger partial charge in [0.05, 0.1) is 11.1 Å². The van der Waals surface area contributed by atoms with Crippen molar-refractivity contribution >= 4 is 57.9 Å². The molecule has 2 N–H and O–H groups in total. The van der Waals surface area contributed by atoms with E-state index in [0.717, 1.165) is 11.8 Å². The highest BCUT2D eigenvalue weighted by molar-refractivity contribution is 8.15. The Balaban J connectivity index is 1.56. The zero-order valence-electron chi connectivity index (χ0n) is 14.7. The van der Waals surface area contributed by atoms with Gasteiger partial charge >= 0.3 is 0 Å². The van der Waals surface area contributed by atoms with Crippen molar-refractivity contribution in [3.8, 4) is 0 Å². The Hall–Kier alpha value is -3.24. The lowest BCUT2D eigenvalue weighted by Crippen LogP contribution is -2.28. The van der Waals surface area contributed by atoms with Crippen LogP contribution in [0, 0.1) is 10.1 Å². The van der Waals surface area contributed by atoms with E-state index >= 15 is 0 Å². The molecule has 2 aromatic carbocycles. The second kappa shape index (κ2) is 9.30. The summed E-state index contributed by atoms with van der Waals surface area (Å²) in [6, 6.07) is 12.5. The summed E-state index contributed by atoms with van der Waals surface area (Å²) in [6.07, 6.45) is 1.31. The highest BCUT2D eigenvalue weighted by atomic mass is 35.5. The Morgan fingerprint density at radius 3 is 2.79 bits per heavy atom. The molecule has 1 fully saturated rings. The summed E-state index contributed by atoms with van der Waals surface area (Å²) in [7, 11) is 0. The van der Waals surface area contributed by atoms with E-state index in [4.69, 9.17) is 11.6 Å². The molecule has 2 amide bonds. The van der Waals surface area contributed by atoms with E-state index in [0.29, 0.717) is 16.3 Å². The van der Waals surface area contributed by atoms with E-state index in [2.05, 4.69) is 20.8 Å². The van der Waals surface area contributed by atoms with Gasteiger partial charge in [0.15, 0.2) is 5.17 Å². The maximum Gasteiger partial charge on any atom is 0.270 e. The van der Waals surface area contributed by atoms with Crippen molar-refractivity contribution in [3.63, 3.8) is 0 Å². The number of nitro groups is 1. The molecule has 2 aromatic rings. The zero-order valence-corrected chi connectivity index (χ0v) is 16.3. The second-order valence-electron chi connectivity index (χ2n) is 5.86. The van der Waals surface area contributed by atoms with Crippen LogP contribution in [-0.2, 0) is 9.59 Å². The number of anilines is 1. The highest BCUT2D eigenvalue weighted by Crippen LogP contribution is 2.23. The number of carbonyl (C=O) groups is 2. The predicted octanol–water partition coefficient (Wildman–Crippen LogP) is 3.20. The lowest BCUT2D eigenvalue weighted by molar-refractivity contribution is -0.384. The fourth-order valence-electron chi connectivity index (χ4n) is 2.37. The quantitative estimate of drug-likeness (QED) is 0.412. The van der Waals surface area contributed by atoms with Crippen molar-refractivity contribution < 1.29 is 14.5 Å². The van der Waals surface area contributed by atoms with Gasteiger partial charge in [-0.1, -0.05) is 35.5 Å². The number of benzene rings is 2. The van der Waals surface area contributed by atoms with Gasteiger partial charge in [0, 0.05) is 34.8 Å². The third-order valence-corrected chi connectivity index (χ3v) is 5.04. The number of nitrogens with one attached hydrogen (secondary N) is 2. The molecule has 148 valence electrons. The summed E-state index contributed by atoms with van der Waals surface area (Å²) in [5.41, 5.74) is 1.02. The van der Waals surface area contributed by atoms with Gasteiger partial charge in [-0.25, -0.2) is 0 Å². The van der Waals surface area contributed by atoms with Crippen molar-refractivity contribution in [2.45, 2.75) is 11.7 Å². The summed E-state index contributed by atoms with van der Waals surface area (Å²) in [6.45, 7) is 0. The van der Waals surface area contributed by atoms with E-state index in [9.17, 15) is 19.7 Å². The first-order valence-electron chi connectivity index (χ1n) is 8.29. The van der Waals surface area contributed by atoms with E-state index in [1.807, 2.05) is 0 Å². The Morgan fingerprint density at radius 1 is 1.31 bits per heavy atom.